The zero-order valence-corrected chi connectivity index (χ0v) is 11.8. The van der Waals surface area contributed by atoms with E-state index in [0.29, 0.717) is 6.04 Å². The molecule has 3 N–H and O–H groups in total. The fourth-order valence-electron chi connectivity index (χ4n) is 1.95. The fraction of sp³-hybridized carbons (Fsp3) is 0.917. The van der Waals surface area contributed by atoms with Gasteiger partial charge in [0, 0.05) is 12.1 Å². The SMILES string of the molecule is CC(C)(C)OC(=O)NC1CCCC(N)CC1.Cl. The van der Waals surface area contributed by atoms with Crippen LogP contribution in [0.1, 0.15) is 52.9 Å². The van der Waals surface area contributed by atoms with Gasteiger partial charge in [-0.25, -0.2) is 4.79 Å². The van der Waals surface area contributed by atoms with E-state index in [0.717, 1.165) is 32.1 Å². The first kappa shape index (κ1) is 16.5. The third kappa shape index (κ3) is 7.45. The minimum atomic E-state index is -0.425. The van der Waals surface area contributed by atoms with Crippen molar-refractivity contribution in [2.24, 2.45) is 5.73 Å². The van der Waals surface area contributed by atoms with Crippen LogP contribution in [0.3, 0.4) is 0 Å². The minimum absolute atomic E-state index is 0. The molecule has 2 unspecified atom stereocenters. The van der Waals surface area contributed by atoms with Crippen LogP contribution in [0, 0.1) is 0 Å². The molecule has 1 rings (SSSR count). The second-order valence-corrected chi connectivity index (χ2v) is 5.61. The molecule has 0 heterocycles. The lowest BCUT2D eigenvalue weighted by molar-refractivity contribution is 0.0499. The molecular formula is C12H25ClN2O2. The van der Waals surface area contributed by atoms with Crippen molar-refractivity contribution in [2.75, 3.05) is 0 Å². The van der Waals surface area contributed by atoms with Gasteiger partial charge in [0.1, 0.15) is 5.60 Å². The lowest BCUT2D eigenvalue weighted by Crippen LogP contribution is -2.39. The first-order valence-electron chi connectivity index (χ1n) is 6.12. The van der Waals surface area contributed by atoms with Gasteiger partial charge in [0.2, 0.25) is 0 Å². The van der Waals surface area contributed by atoms with Crippen LogP contribution < -0.4 is 11.1 Å². The van der Waals surface area contributed by atoms with E-state index in [-0.39, 0.29) is 24.5 Å². The molecule has 1 saturated carbocycles. The first-order valence-corrected chi connectivity index (χ1v) is 6.12. The summed E-state index contributed by atoms with van der Waals surface area (Å²) < 4.78 is 5.23. The number of halogens is 1. The van der Waals surface area contributed by atoms with Crippen molar-refractivity contribution < 1.29 is 9.53 Å². The second-order valence-electron chi connectivity index (χ2n) is 5.61. The Morgan fingerprint density at radius 1 is 1.24 bits per heavy atom. The maximum absolute atomic E-state index is 11.6. The largest absolute Gasteiger partial charge is 0.444 e. The summed E-state index contributed by atoms with van der Waals surface area (Å²) in [6, 6.07) is 0.522. The Balaban J connectivity index is 0.00000256. The van der Waals surface area contributed by atoms with E-state index in [4.69, 9.17) is 10.5 Å². The van der Waals surface area contributed by atoms with Gasteiger partial charge < -0.3 is 15.8 Å². The van der Waals surface area contributed by atoms with Gasteiger partial charge in [0.15, 0.2) is 0 Å². The lowest BCUT2D eigenvalue weighted by Gasteiger charge is -2.22. The maximum atomic E-state index is 11.6. The van der Waals surface area contributed by atoms with Crippen LogP contribution in [0.2, 0.25) is 0 Å². The van der Waals surface area contributed by atoms with Gasteiger partial charge in [0.05, 0.1) is 0 Å². The van der Waals surface area contributed by atoms with Crippen molar-refractivity contribution >= 4 is 18.5 Å². The van der Waals surface area contributed by atoms with Crippen LogP contribution in [-0.4, -0.2) is 23.8 Å². The smallest absolute Gasteiger partial charge is 0.407 e. The van der Waals surface area contributed by atoms with Gasteiger partial charge in [-0.1, -0.05) is 0 Å². The van der Waals surface area contributed by atoms with Crippen LogP contribution in [-0.2, 0) is 4.74 Å². The Hall–Kier alpha value is -0.480. The van der Waals surface area contributed by atoms with E-state index in [9.17, 15) is 4.79 Å². The molecule has 2 atom stereocenters. The number of amides is 1. The third-order valence-electron chi connectivity index (χ3n) is 2.73. The fourth-order valence-corrected chi connectivity index (χ4v) is 1.95. The van der Waals surface area contributed by atoms with Crippen molar-refractivity contribution in [1.29, 1.82) is 0 Å². The van der Waals surface area contributed by atoms with Gasteiger partial charge in [0.25, 0.3) is 0 Å². The normalized spacial score (nSPS) is 25.4. The van der Waals surface area contributed by atoms with Crippen LogP contribution >= 0.6 is 12.4 Å². The molecule has 102 valence electrons. The highest BCUT2D eigenvalue weighted by Crippen LogP contribution is 2.17. The first-order chi connectivity index (χ1) is 7.37. The molecule has 0 spiro atoms. The predicted molar refractivity (Wildman–Crippen MR) is 71.5 cm³/mol. The molecule has 0 radical (unpaired) electrons. The van der Waals surface area contributed by atoms with Gasteiger partial charge in [-0.3, -0.25) is 0 Å². The van der Waals surface area contributed by atoms with Crippen molar-refractivity contribution in [2.45, 2.75) is 70.6 Å². The number of hydrogen-bond acceptors (Lipinski definition) is 3. The number of carbonyl (C=O) groups is 1. The number of nitrogens with two attached hydrogens (primary N) is 1. The van der Waals surface area contributed by atoms with E-state index in [2.05, 4.69) is 5.32 Å². The van der Waals surface area contributed by atoms with Crippen LogP contribution in [0.4, 0.5) is 4.79 Å². The average Bonchev–Trinajstić information content (AvgIpc) is 2.27. The summed E-state index contributed by atoms with van der Waals surface area (Å²) in [5, 5.41) is 2.92. The van der Waals surface area contributed by atoms with Gasteiger partial charge in [-0.2, -0.15) is 0 Å². The summed E-state index contributed by atoms with van der Waals surface area (Å²) in [6.07, 6.45) is 4.79. The molecule has 1 aliphatic rings. The van der Waals surface area contributed by atoms with Crippen molar-refractivity contribution in [3.63, 3.8) is 0 Å². The summed E-state index contributed by atoms with van der Waals surface area (Å²) in [7, 11) is 0. The molecule has 5 heteroatoms. The van der Waals surface area contributed by atoms with E-state index >= 15 is 0 Å². The standard InChI is InChI=1S/C12H24N2O2.ClH/c1-12(2,3)16-11(15)14-10-6-4-5-9(13)7-8-10;/h9-10H,4-8,13H2,1-3H3,(H,14,15);1H. The predicted octanol–water partition coefficient (Wildman–Crippen LogP) is 2.59. The Morgan fingerprint density at radius 2 is 1.88 bits per heavy atom. The van der Waals surface area contributed by atoms with Crippen LogP contribution in [0.15, 0.2) is 0 Å². The monoisotopic (exact) mass is 264 g/mol. The molecule has 17 heavy (non-hydrogen) atoms. The van der Waals surface area contributed by atoms with Gasteiger partial charge >= 0.3 is 6.09 Å². The summed E-state index contributed by atoms with van der Waals surface area (Å²) in [4.78, 5) is 11.6. The number of ether oxygens (including phenoxy) is 1. The molecule has 0 aromatic rings. The Bertz CT molecular complexity index is 241. The Kier molecular flexibility index (Phi) is 6.87. The van der Waals surface area contributed by atoms with Gasteiger partial charge in [-0.05, 0) is 52.9 Å². The third-order valence-corrected chi connectivity index (χ3v) is 2.73. The summed E-state index contributed by atoms with van der Waals surface area (Å²) in [6.45, 7) is 5.61. The maximum Gasteiger partial charge on any atom is 0.407 e. The highest BCUT2D eigenvalue weighted by Gasteiger charge is 2.21. The van der Waals surface area contributed by atoms with Crippen LogP contribution in [0.25, 0.3) is 0 Å². The topological polar surface area (TPSA) is 64.3 Å². The molecule has 1 amide bonds. The molecule has 0 aromatic carbocycles. The number of nitrogens with one attached hydrogen (secondary N) is 1. The second kappa shape index (κ2) is 7.07. The number of rotatable bonds is 1. The number of carbonyl (C=O) groups excluding carboxylic acids is 1. The van der Waals surface area contributed by atoms with E-state index in [1.807, 2.05) is 20.8 Å². The quantitative estimate of drug-likeness (QED) is 0.716. The van der Waals surface area contributed by atoms with Crippen molar-refractivity contribution in [3.8, 4) is 0 Å². The van der Waals surface area contributed by atoms with Gasteiger partial charge in [-0.15, -0.1) is 12.4 Å². The summed E-state index contributed by atoms with van der Waals surface area (Å²) >= 11 is 0. The molecular weight excluding hydrogens is 240 g/mol. The number of hydrogen-bond donors (Lipinski definition) is 2. The summed E-state index contributed by atoms with van der Waals surface area (Å²) in [5.41, 5.74) is 5.46. The van der Waals surface area contributed by atoms with E-state index in [1.165, 1.54) is 0 Å². The molecule has 0 bridgehead atoms. The van der Waals surface area contributed by atoms with Crippen molar-refractivity contribution in [3.05, 3.63) is 0 Å². The summed E-state index contributed by atoms with van der Waals surface area (Å²) in [5.74, 6) is 0. The molecule has 1 fully saturated rings. The lowest BCUT2D eigenvalue weighted by atomic mass is 10.1. The zero-order valence-electron chi connectivity index (χ0n) is 11.0. The van der Waals surface area contributed by atoms with E-state index in [1.54, 1.807) is 0 Å². The highest BCUT2D eigenvalue weighted by atomic mass is 35.5. The zero-order chi connectivity index (χ0) is 12.2. The van der Waals surface area contributed by atoms with Crippen molar-refractivity contribution in [1.82, 2.24) is 5.32 Å². The van der Waals surface area contributed by atoms with E-state index < -0.39 is 5.60 Å². The Labute approximate surface area is 110 Å². The number of alkyl carbamates (subject to hydrolysis) is 1. The Morgan fingerprint density at radius 3 is 2.47 bits per heavy atom. The minimum Gasteiger partial charge on any atom is -0.444 e. The molecule has 1 aliphatic carbocycles. The molecule has 0 aliphatic heterocycles. The molecule has 0 aromatic heterocycles. The highest BCUT2D eigenvalue weighted by molar-refractivity contribution is 5.85. The van der Waals surface area contributed by atoms with Crippen LogP contribution in [0.5, 0.6) is 0 Å². The molecule has 0 saturated heterocycles. The molecule has 4 nitrogen and oxygen atoms in total. The average molecular weight is 265 g/mol.